The van der Waals surface area contributed by atoms with Crippen LogP contribution in [-0.4, -0.2) is 13.0 Å². The second-order valence-corrected chi connectivity index (χ2v) is 9.53. The van der Waals surface area contributed by atoms with Gasteiger partial charge in [0.15, 0.2) is 0 Å². The summed E-state index contributed by atoms with van der Waals surface area (Å²) in [6, 6.07) is 6.36. The molecule has 0 aliphatic heterocycles. The minimum absolute atomic E-state index is 0.136. The quantitative estimate of drug-likeness (QED) is 0.187. The first-order chi connectivity index (χ1) is 13.5. The third-order valence-electron chi connectivity index (χ3n) is 5.53. The molecule has 3 nitrogen and oxygen atoms in total. The lowest BCUT2D eigenvalue weighted by Crippen LogP contribution is -1.98. The van der Waals surface area contributed by atoms with Crippen LogP contribution in [0.4, 0.5) is 0 Å². The van der Waals surface area contributed by atoms with Crippen molar-refractivity contribution in [3.63, 3.8) is 0 Å². The van der Waals surface area contributed by atoms with Gasteiger partial charge in [0, 0.05) is 0 Å². The Morgan fingerprint density at radius 1 is 0.607 bits per heavy atom. The summed E-state index contributed by atoms with van der Waals surface area (Å²) in [5.74, 6) is 0. The van der Waals surface area contributed by atoms with Gasteiger partial charge in [-0.1, -0.05) is 115 Å². The molecular formula is C24H41O3S-. The molecule has 0 heterocycles. The molecule has 0 aromatic heterocycles. The fourth-order valence-corrected chi connectivity index (χ4v) is 4.17. The lowest BCUT2D eigenvalue weighted by molar-refractivity contribution is 0.463. The Morgan fingerprint density at radius 2 is 0.964 bits per heavy atom. The summed E-state index contributed by atoms with van der Waals surface area (Å²) in [6.45, 7) is 2.27. The summed E-state index contributed by atoms with van der Waals surface area (Å²) in [7, 11) is -4.32. The van der Waals surface area contributed by atoms with Crippen LogP contribution < -0.4 is 0 Å². The van der Waals surface area contributed by atoms with Crippen LogP contribution in [0.25, 0.3) is 0 Å². The highest BCUT2D eigenvalue weighted by Crippen LogP contribution is 2.15. The Labute approximate surface area is 174 Å². The van der Waals surface area contributed by atoms with E-state index in [9.17, 15) is 13.0 Å². The summed E-state index contributed by atoms with van der Waals surface area (Å²) in [5, 5.41) is 0. The van der Waals surface area contributed by atoms with E-state index in [-0.39, 0.29) is 4.90 Å². The molecule has 0 amide bonds. The maximum Gasteiger partial charge on any atom is 0.124 e. The molecule has 0 saturated carbocycles. The van der Waals surface area contributed by atoms with Gasteiger partial charge >= 0.3 is 0 Å². The Bertz CT molecular complexity index is 578. The van der Waals surface area contributed by atoms with Gasteiger partial charge in [-0.3, -0.25) is 0 Å². The Hall–Kier alpha value is -0.870. The van der Waals surface area contributed by atoms with E-state index in [1.54, 1.807) is 12.1 Å². The van der Waals surface area contributed by atoms with Crippen molar-refractivity contribution in [3.8, 4) is 0 Å². The number of hydrogen-bond acceptors (Lipinski definition) is 3. The van der Waals surface area contributed by atoms with Crippen LogP contribution in [0.15, 0.2) is 29.2 Å². The second-order valence-electron chi connectivity index (χ2n) is 8.15. The molecule has 0 bridgehead atoms. The number of unbranched alkanes of at least 4 members (excludes halogenated alkanes) is 15. The van der Waals surface area contributed by atoms with Crippen molar-refractivity contribution in [2.24, 2.45) is 0 Å². The Morgan fingerprint density at radius 3 is 1.32 bits per heavy atom. The van der Waals surface area contributed by atoms with E-state index in [1.807, 2.05) is 0 Å². The second kappa shape index (κ2) is 16.0. The van der Waals surface area contributed by atoms with Gasteiger partial charge in [-0.2, -0.15) is 0 Å². The van der Waals surface area contributed by atoms with E-state index >= 15 is 0 Å². The largest absolute Gasteiger partial charge is 0.744 e. The van der Waals surface area contributed by atoms with Crippen LogP contribution in [0.3, 0.4) is 0 Å². The van der Waals surface area contributed by atoms with Crippen molar-refractivity contribution in [1.29, 1.82) is 0 Å². The van der Waals surface area contributed by atoms with Gasteiger partial charge in [0.05, 0.1) is 4.90 Å². The topological polar surface area (TPSA) is 57.2 Å². The van der Waals surface area contributed by atoms with Crippen LogP contribution in [0, 0.1) is 0 Å². The minimum Gasteiger partial charge on any atom is -0.744 e. The predicted octanol–water partition coefficient (Wildman–Crippen LogP) is 7.39. The third-order valence-corrected chi connectivity index (χ3v) is 6.38. The number of rotatable bonds is 18. The SMILES string of the molecule is CCCCCCCCCCCCCCCCCCc1ccc(S(=O)(=O)[O-])cc1. The predicted molar refractivity (Wildman–Crippen MR) is 118 cm³/mol. The zero-order valence-electron chi connectivity index (χ0n) is 18.0. The molecule has 0 N–H and O–H groups in total. The highest BCUT2D eigenvalue weighted by atomic mass is 32.2. The first-order valence-corrected chi connectivity index (χ1v) is 13.0. The van der Waals surface area contributed by atoms with E-state index in [0.717, 1.165) is 18.4 Å². The van der Waals surface area contributed by atoms with Crippen molar-refractivity contribution < 1.29 is 13.0 Å². The maximum absolute atomic E-state index is 10.9. The lowest BCUT2D eigenvalue weighted by atomic mass is 10.0. The summed E-state index contributed by atoms with van der Waals surface area (Å²) < 4.78 is 32.7. The number of benzene rings is 1. The average molecular weight is 410 g/mol. The molecule has 1 aromatic carbocycles. The van der Waals surface area contributed by atoms with Gasteiger partial charge in [0.25, 0.3) is 0 Å². The summed E-state index contributed by atoms with van der Waals surface area (Å²) in [5.41, 5.74) is 1.11. The molecule has 1 rings (SSSR count). The number of aryl methyl sites for hydroxylation is 1. The van der Waals surface area contributed by atoms with Gasteiger partial charge in [-0.15, -0.1) is 0 Å². The van der Waals surface area contributed by atoms with Crippen LogP contribution in [0.2, 0.25) is 0 Å². The third kappa shape index (κ3) is 13.3. The van der Waals surface area contributed by atoms with Crippen molar-refractivity contribution in [2.75, 3.05) is 0 Å². The van der Waals surface area contributed by atoms with E-state index < -0.39 is 10.1 Å². The van der Waals surface area contributed by atoms with Gasteiger partial charge in [-0.25, -0.2) is 8.42 Å². The Kier molecular flexibility index (Phi) is 14.4. The fourth-order valence-electron chi connectivity index (χ4n) is 3.70. The van der Waals surface area contributed by atoms with Crippen LogP contribution >= 0.6 is 0 Å². The van der Waals surface area contributed by atoms with Crippen LogP contribution in [0.5, 0.6) is 0 Å². The Balaban J connectivity index is 1.85. The smallest absolute Gasteiger partial charge is 0.124 e. The molecule has 162 valence electrons. The zero-order valence-corrected chi connectivity index (χ0v) is 18.8. The fraction of sp³-hybridized carbons (Fsp3) is 0.750. The molecule has 0 aliphatic carbocycles. The van der Waals surface area contributed by atoms with Gasteiger partial charge in [-0.05, 0) is 30.5 Å². The molecule has 0 radical (unpaired) electrons. The molecular weight excluding hydrogens is 368 g/mol. The molecule has 0 unspecified atom stereocenters. The van der Waals surface area contributed by atoms with Crippen molar-refractivity contribution in [2.45, 2.75) is 121 Å². The highest BCUT2D eigenvalue weighted by Gasteiger charge is 2.01. The molecule has 28 heavy (non-hydrogen) atoms. The van der Waals surface area contributed by atoms with E-state index in [0.29, 0.717) is 0 Å². The summed E-state index contributed by atoms with van der Waals surface area (Å²) >= 11 is 0. The molecule has 0 spiro atoms. The molecule has 0 aliphatic rings. The summed E-state index contributed by atoms with van der Waals surface area (Å²) in [4.78, 5) is -0.136. The van der Waals surface area contributed by atoms with Crippen molar-refractivity contribution >= 4 is 10.1 Å². The standard InChI is InChI=1S/C24H42O3S/c1-2-3-4-5-6-7-8-9-10-11-12-13-14-15-16-17-18-23-19-21-24(22-20-23)28(25,26)27/h19-22H,2-18H2,1H3,(H,25,26,27)/p-1. The van der Waals surface area contributed by atoms with Gasteiger partial charge < -0.3 is 4.55 Å². The maximum atomic E-state index is 10.9. The summed E-state index contributed by atoms with van der Waals surface area (Å²) in [6.07, 6.45) is 22.7. The molecule has 1 aromatic rings. The minimum atomic E-state index is -4.32. The van der Waals surface area contributed by atoms with E-state index in [1.165, 1.54) is 108 Å². The number of hydrogen-bond donors (Lipinski definition) is 0. The first kappa shape index (κ1) is 25.2. The van der Waals surface area contributed by atoms with Crippen molar-refractivity contribution in [1.82, 2.24) is 0 Å². The van der Waals surface area contributed by atoms with Crippen LogP contribution in [-0.2, 0) is 16.5 Å². The monoisotopic (exact) mass is 409 g/mol. The first-order valence-electron chi connectivity index (χ1n) is 11.6. The lowest BCUT2D eigenvalue weighted by Gasteiger charge is -2.08. The highest BCUT2D eigenvalue weighted by molar-refractivity contribution is 7.85. The zero-order chi connectivity index (χ0) is 20.5. The normalized spacial score (nSPS) is 11.8. The van der Waals surface area contributed by atoms with Crippen molar-refractivity contribution in [3.05, 3.63) is 29.8 Å². The van der Waals surface area contributed by atoms with Crippen LogP contribution in [0.1, 0.15) is 115 Å². The molecule has 4 heteroatoms. The average Bonchev–Trinajstić information content (AvgIpc) is 2.67. The molecule has 0 atom stereocenters. The van der Waals surface area contributed by atoms with Gasteiger partial charge in [0.2, 0.25) is 0 Å². The van der Waals surface area contributed by atoms with E-state index in [4.69, 9.17) is 0 Å². The molecule has 0 saturated heterocycles. The van der Waals surface area contributed by atoms with Gasteiger partial charge in [0.1, 0.15) is 10.1 Å². The molecule has 0 fully saturated rings. The van der Waals surface area contributed by atoms with E-state index in [2.05, 4.69) is 6.92 Å².